The van der Waals surface area contributed by atoms with E-state index in [0.717, 1.165) is 16.1 Å². The molecule has 4 aromatic rings. The van der Waals surface area contributed by atoms with Crippen LogP contribution >= 0.6 is 15.9 Å². The summed E-state index contributed by atoms with van der Waals surface area (Å²) in [5.41, 5.74) is 2.32. The third kappa shape index (κ3) is 3.30. The molecule has 2 heterocycles. The van der Waals surface area contributed by atoms with Gasteiger partial charge in [-0.3, -0.25) is 0 Å². The van der Waals surface area contributed by atoms with Gasteiger partial charge in [-0.25, -0.2) is 9.67 Å². The Morgan fingerprint density at radius 1 is 0.929 bits per heavy atom. The highest BCUT2D eigenvalue weighted by molar-refractivity contribution is 9.10. The van der Waals surface area contributed by atoms with Gasteiger partial charge < -0.3 is 0 Å². The molecule has 0 amide bonds. The third-order valence-corrected chi connectivity index (χ3v) is 5.07. The number of alkyl halides is 3. The maximum absolute atomic E-state index is 13.8. The third-order valence-electron chi connectivity index (χ3n) is 4.54. The van der Waals surface area contributed by atoms with E-state index in [1.54, 1.807) is 31.2 Å². The lowest BCUT2D eigenvalue weighted by atomic mass is 10.1. The second-order valence-electron chi connectivity index (χ2n) is 6.59. The quantitative estimate of drug-likeness (QED) is 0.353. The SMILES string of the molecule is Cc1ccc(-n2nc(C)c3c(C(F)(F)F)cc(-c4ccc(Br)cc4)nc32)cc1. The van der Waals surface area contributed by atoms with E-state index < -0.39 is 11.7 Å². The minimum atomic E-state index is -4.52. The first-order chi connectivity index (χ1) is 13.2. The van der Waals surface area contributed by atoms with Crippen LogP contribution in [0.15, 0.2) is 59.1 Å². The number of aryl methyl sites for hydroxylation is 2. The number of aromatic nitrogens is 3. The fourth-order valence-corrected chi connectivity index (χ4v) is 3.41. The van der Waals surface area contributed by atoms with Gasteiger partial charge in [-0.05, 0) is 44.2 Å². The Hall–Kier alpha value is -2.67. The van der Waals surface area contributed by atoms with Gasteiger partial charge in [-0.1, -0.05) is 45.8 Å². The number of hydrogen-bond acceptors (Lipinski definition) is 2. The normalized spacial score (nSPS) is 11.9. The van der Waals surface area contributed by atoms with E-state index in [4.69, 9.17) is 0 Å². The molecule has 0 atom stereocenters. The molecule has 0 bridgehead atoms. The lowest BCUT2D eigenvalue weighted by molar-refractivity contribution is -0.136. The predicted molar refractivity (Wildman–Crippen MR) is 106 cm³/mol. The standard InChI is InChI=1S/C21H15BrF3N3/c1-12-3-9-16(10-4-12)28-20-19(13(2)27-28)17(21(23,24)25)11-18(26-20)14-5-7-15(22)8-6-14/h3-11H,1-2H3. The van der Waals surface area contributed by atoms with Crippen LogP contribution in [-0.4, -0.2) is 14.8 Å². The van der Waals surface area contributed by atoms with Crippen molar-refractivity contribution in [1.29, 1.82) is 0 Å². The van der Waals surface area contributed by atoms with Crippen LogP contribution in [0.5, 0.6) is 0 Å². The fraction of sp³-hybridized carbons (Fsp3) is 0.143. The highest BCUT2D eigenvalue weighted by atomic mass is 79.9. The van der Waals surface area contributed by atoms with Crippen molar-refractivity contribution in [1.82, 2.24) is 14.8 Å². The highest BCUT2D eigenvalue weighted by Crippen LogP contribution is 2.38. The van der Waals surface area contributed by atoms with Gasteiger partial charge in [0.15, 0.2) is 5.65 Å². The van der Waals surface area contributed by atoms with Crippen molar-refractivity contribution in [3.8, 4) is 16.9 Å². The van der Waals surface area contributed by atoms with Crippen LogP contribution in [0, 0.1) is 13.8 Å². The van der Waals surface area contributed by atoms with E-state index in [9.17, 15) is 13.2 Å². The Kier molecular flexibility index (Phi) is 4.50. The van der Waals surface area contributed by atoms with Crippen molar-refractivity contribution in [2.75, 3.05) is 0 Å². The second kappa shape index (κ2) is 6.74. The molecule has 28 heavy (non-hydrogen) atoms. The summed E-state index contributed by atoms with van der Waals surface area (Å²) in [6.07, 6.45) is -4.52. The van der Waals surface area contributed by atoms with Crippen molar-refractivity contribution >= 4 is 27.0 Å². The van der Waals surface area contributed by atoms with E-state index >= 15 is 0 Å². The molecular weight excluding hydrogens is 431 g/mol. The van der Waals surface area contributed by atoms with Crippen molar-refractivity contribution < 1.29 is 13.2 Å². The number of pyridine rings is 1. The van der Waals surface area contributed by atoms with Crippen LogP contribution in [0.4, 0.5) is 13.2 Å². The maximum atomic E-state index is 13.8. The molecule has 4 rings (SSSR count). The second-order valence-corrected chi connectivity index (χ2v) is 7.51. The summed E-state index contributed by atoms with van der Waals surface area (Å²) in [4.78, 5) is 4.55. The number of hydrogen-bond donors (Lipinski definition) is 0. The van der Waals surface area contributed by atoms with Gasteiger partial charge in [-0.15, -0.1) is 0 Å². The van der Waals surface area contributed by atoms with Crippen LogP contribution in [0.3, 0.4) is 0 Å². The maximum Gasteiger partial charge on any atom is 0.417 e. The Morgan fingerprint density at radius 2 is 1.57 bits per heavy atom. The highest BCUT2D eigenvalue weighted by Gasteiger charge is 2.35. The van der Waals surface area contributed by atoms with Crippen LogP contribution in [0.1, 0.15) is 16.8 Å². The summed E-state index contributed by atoms with van der Waals surface area (Å²) >= 11 is 3.34. The molecule has 3 nitrogen and oxygen atoms in total. The number of fused-ring (bicyclic) bond motifs is 1. The Labute approximate surface area is 168 Å². The molecule has 0 saturated heterocycles. The number of benzene rings is 2. The summed E-state index contributed by atoms with van der Waals surface area (Å²) < 4.78 is 43.9. The summed E-state index contributed by atoms with van der Waals surface area (Å²) in [5.74, 6) is 0. The molecule has 0 aliphatic rings. The molecule has 2 aromatic carbocycles. The summed E-state index contributed by atoms with van der Waals surface area (Å²) in [7, 11) is 0. The first-order valence-corrected chi connectivity index (χ1v) is 9.34. The van der Waals surface area contributed by atoms with Gasteiger partial charge >= 0.3 is 6.18 Å². The van der Waals surface area contributed by atoms with Gasteiger partial charge in [0.1, 0.15) is 0 Å². The molecule has 7 heteroatoms. The molecule has 142 valence electrons. The van der Waals surface area contributed by atoms with Crippen molar-refractivity contribution in [3.05, 3.63) is 75.9 Å². The van der Waals surface area contributed by atoms with Crippen LogP contribution in [0.2, 0.25) is 0 Å². The zero-order valence-corrected chi connectivity index (χ0v) is 16.6. The number of halogens is 4. The number of rotatable bonds is 2. The van der Waals surface area contributed by atoms with Crippen molar-refractivity contribution in [2.45, 2.75) is 20.0 Å². The lowest BCUT2D eigenvalue weighted by Crippen LogP contribution is -2.08. The predicted octanol–water partition coefficient (Wildman–Crippen LogP) is 6.49. The smallest absolute Gasteiger partial charge is 0.228 e. The van der Waals surface area contributed by atoms with Gasteiger partial charge in [0.05, 0.1) is 28.0 Å². The van der Waals surface area contributed by atoms with Gasteiger partial charge in [0.2, 0.25) is 0 Å². The molecule has 0 unspecified atom stereocenters. The average molecular weight is 446 g/mol. The van der Waals surface area contributed by atoms with Crippen LogP contribution < -0.4 is 0 Å². The molecule has 0 N–H and O–H groups in total. The Bertz CT molecular complexity index is 1160. The zero-order chi connectivity index (χ0) is 20.1. The van der Waals surface area contributed by atoms with E-state index in [1.165, 1.54) is 4.68 Å². The first kappa shape index (κ1) is 18.7. The molecule has 0 aliphatic carbocycles. The fourth-order valence-electron chi connectivity index (χ4n) is 3.15. The molecular formula is C21H15BrF3N3. The Morgan fingerprint density at radius 3 is 2.18 bits per heavy atom. The van der Waals surface area contributed by atoms with Gasteiger partial charge in [-0.2, -0.15) is 18.3 Å². The Balaban J connectivity index is 2.04. The molecule has 2 aromatic heterocycles. The van der Waals surface area contributed by atoms with Gasteiger partial charge in [0.25, 0.3) is 0 Å². The van der Waals surface area contributed by atoms with Crippen LogP contribution in [-0.2, 0) is 6.18 Å². The summed E-state index contributed by atoms with van der Waals surface area (Å²) in [5, 5.41) is 4.38. The van der Waals surface area contributed by atoms with Crippen molar-refractivity contribution in [2.24, 2.45) is 0 Å². The molecule has 0 fully saturated rings. The summed E-state index contributed by atoms with van der Waals surface area (Å²) in [6.45, 7) is 3.52. The number of nitrogens with zero attached hydrogens (tertiary/aromatic N) is 3. The van der Waals surface area contributed by atoms with Crippen molar-refractivity contribution in [3.63, 3.8) is 0 Å². The minimum Gasteiger partial charge on any atom is -0.228 e. The average Bonchev–Trinajstić information content (AvgIpc) is 2.98. The van der Waals surface area contributed by atoms with E-state index in [1.807, 2.05) is 31.2 Å². The topological polar surface area (TPSA) is 30.7 Å². The van der Waals surface area contributed by atoms with Gasteiger partial charge in [0, 0.05) is 10.0 Å². The lowest BCUT2D eigenvalue weighted by Gasteiger charge is -2.12. The minimum absolute atomic E-state index is 0.0222. The van der Waals surface area contributed by atoms with E-state index in [-0.39, 0.29) is 22.4 Å². The zero-order valence-electron chi connectivity index (χ0n) is 15.0. The molecule has 0 saturated carbocycles. The summed E-state index contributed by atoms with van der Waals surface area (Å²) in [6, 6.07) is 15.5. The molecule has 0 radical (unpaired) electrons. The molecule has 0 spiro atoms. The van der Waals surface area contributed by atoms with E-state index in [2.05, 4.69) is 26.0 Å². The molecule has 0 aliphatic heterocycles. The van der Waals surface area contributed by atoms with E-state index in [0.29, 0.717) is 11.3 Å². The van der Waals surface area contributed by atoms with Crippen LogP contribution in [0.25, 0.3) is 28.0 Å². The monoisotopic (exact) mass is 445 g/mol. The largest absolute Gasteiger partial charge is 0.417 e. The first-order valence-electron chi connectivity index (χ1n) is 8.54.